The van der Waals surface area contributed by atoms with Gasteiger partial charge in [0.1, 0.15) is 0 Å². The van der Waals surface area contributed by atoms with E-state index >= 15 is 0 Å². The van der Waals surface area contributed by atoms with E-state index < -0.39 is 0 Å². The second-order valence-corrected chi connectivity index (χ2v) is 6.47. The maximum atomic E-state index is 12.4. The van der Waals surface area contributed by atoms with Gasteiger partial charge in [-0.15, -0.1) is 0 Å². The number of methoxy groups -OCH3 is 2. The Morgan fingerprint density at radius 1 is 0.821 bits per heavy atom. The third-order valence-electron chi connectivity index (χ3n) is 4.69. The molecular weight excluding hydrogens is 352 g/mol. The van der Waals surface area contributed by atoms with Crippen LogP contribution in [0.1, 0.15) is 5.56 Å². The van der Waals surface area contributed by atoms with Crippen LogP contribution < -0.4 is 15.0 Å². The summed E-state index contributed by atoms with van der Waals surface area (Å²) in [5, 5.41) is 6.87. The summed E-state index contributed by atoms with van der Waals surface area (Å²) in [7, 11) is 3.19. The molecule has 4 rings (SSSR count). The van der Waals surface area contributed by atoms with Gasteiger partial charge in [0.15, 0.2) is 11.5 Å². The quantitative estimate of drug-likeness (QED) is 0.529. The van der Waals surface area contributed by atoms with E-state index in [1.54, 1.807) is 26.4 Å². The van der Waals surface area contributed by atoms with Gasteiger partial charge in [0, 0.05) is 11.6 Å². The van der Waals surface area contributed by atoms with E-state index in [9.17, 15) is 4.79 Å². The fraction of sp³-hybridized carbons (Fsp3) is 0.130. The van der Waals surface area contributed by atoms with E-state index in [2.05, 4.69) is 29.4 Å². The first-order valence-electron chi connectivity index (χ1n) is 8.96. The third-order valence-corrected chi connectivity index (χ3v) is 4.69. The molecule has 0 amide bonds. The first-order chi connectivity index (χ1) is 13.7. The summed E-state index contributed by atoms with van der Waals surface area (Å²) in [6.07, 6.45) is 0. The van der Waals surface area contributed by atoms with Crippen LogP contribution in [-0.4, -0.2) is 24.0 Å². The van der Waals surface area contributed by atoms with Crippen LogP contribution in [0, 0.1) is 0 Å². The van der Waals surface area contributed by atoms with E-state index in [0.717, 1.165) is 16.5 Å². The number of ether oxygens (including phenoxy) is 2. The highest BCUT2D eigenvalue weighted by molar-refractivity contribution is 5.83. The van der Waals surface area contributed by atoms with Crippen molar-refractivity contribution in [1.82, 2.24) is 9.78 Å². The number of hydrogen-bond donors (Lipinski definition) is 0. The van der Waals surface area contributed by atoms with E-state index in [1.165, 1.54) is 10.1 Å². The highest BCUT2D eigenvalue weighted by atomic mass is 16.5. The summed E-state index contributed by atoms with van der Waals surface area (Å²) in [4.78, 5) is 12.4. The molecule has 0 unspecified atom stereocenters. The number of benzene rings is 3. The molecule has 0 aliphatic rings. The molecule has 0 radical (unpaired) electrons. The van der Waals surface area contributed by atoms with Gasteiger partial charge in [-0.25, -0.2) is 4.68 Å². The van der Waals surface area contributed by atoms with E-state index in [1.807, 2.05) is 36.4 Å². The molecule has 3 aromatic carbocycles. The molecule has 0 bridgehead atoms. The van der Waals surface area contributed by atoms with Crippen molar-refractivity contribution < 1.29 is 9.47 Å². The zero-order valence-corrected chi connectivity index (χ0v) is 15.8. The van der Waals surface area contributed by atoms with Crippen LogP contribution in [0.4, 0.5) is 0 Å². The first-order valence-corrected chi connectivity index (χ1v) is 8.96. The maximum absolute atomic E-state index is 12.4. The Labute approximate surface area is 162 Å². The van der Waals surface area contributed by atoms with E-state index in [4.69, 9.17) is 9.47 Å². The summed E-state index contributed by atoms with van der Waals surface area (Å²) < 4.78 is 12.1. The molecule has 0 saturated carbocycles. The Kier molecular flexibility index (Phi) is 4.81. The lowest BCUT2D eigenvalue weighted by molar-refractivity contribution is 0.355. The lowest BCUT2D eigenvalue weighted by Crippen LogP contribution is -2.22. The number of nitrogens with zero attached hydrogens (tertiary/aromatic N) is 2. The average molecular weight is 372 g/mol. The van der Waals surface area contributed by atoms with Gasteiger partial charge in [-0.3, -0.25) is 4.79 Å². The Bertz CT molecular complexity index is 1200. The number of aromatic nitrogens is 2. The van der Waals surface area contributed by atoms with Crippen molar-refractivity contribution in [3.05, 3.63) is 88.7 Å². The van der Waals surface area contributed by atoms with Gasteiger partial charge in [-0.05, 0) is 46.7 Å². The van der Waals surface area contributed by atoms with Crippen LogP contribution in [0.15, 0.2) is 77.6 Å². The van der Waals surface area contributed by atoms with Crippen molar-refractivity contribution in [2.45, 2.75) is 6.54 Å². The normalized spacial score (nSPS) is 10.8. The largest absolute Gasteiger partial charge is 0.493 e. The Balaban J connectivity index is 1.69. The standard InChI is InChI=1S/C23H20N2O3/c1-27-21-11-9-19(14-22(21)28-2)20-10-12-23(26)25(24-20)15-16-7-8-17-5-3-4-6-18(17)13-16/h3-14H,15H2,1-2H3. The zero-order valence-electron chi connectivity index (χ0n) is 15.8. The predicted octanol–water partition coefficient (Wildman–Crippen LogP) is 4.13. The van der Waals surface area contributed by atoms with Gasteiger partial charge in [0.2, 0.25) is 0 Å². The number of fused-ring (bicyclic) bond motifs is 1. The average Bonchev–Trinajstić information content (AvgIpc) is 2.74. The second-order valence-electron chi connectivity index (χ2n) is 6.47. The first kappa shape index (κ1) is 17.8. The fourth-order valence-corrected chi connectivity index (χ4v) is 3.22. The summed E-state index contributed by atoms with van der Waals surface area (Å²) in [6, 6.07) is 23.2. The molecule has 28 heavy (non-hydrogen) atoms. The van der Waals surface area contributed by atoms with Gasteiger partial charge in [-0.2, -0.15) is 5.10 Å². The monoisotopic (exact) mass is 372 g/mol. The molecule has 4 aromatic rings. The molecule has 0 fully saturated rings. The Morgan fingerprint density at radius 2 is 1.61 bits per heavy atom. The molecule has 0 spiro atoms. The minimum atomic E-state index is -0.141. The molecule has 0 N–H and O–H groups in total. The molecule has 140 valence electrons. The van der Waals surface area contributed by atoms with Gasteiger partial charge in [-0.1, -0.05) is 36.4 Å². The van der Waals surface area contributed by atoms with Gasteiger partial charge < -0.3 is 9.47 Å². The van der Waals surface area contributed by atoms with Crippen LogP contribution in [0.3, 0.4) is 0 Å². The van der Waals surface area contributed by atoms with Crippen molar-refractivity contribution in [1.29, 1.82) is 0 Å². The van der Waals surface area contributed by atoms with Crippen molar-refractivity contribution in [2.24, 2.45) is 0 Å². The topological polar surface area (TPSA) is 53.4 Å². The maximum Gasteiger partial charge on any atom is 0.267 e. The zero-order chi connectivity index (χ0) is 19.5. The summed E-state index contributed by atoms with van der Waals surface area (Å²) in [6.45, 7) is 0.408. The van der Waals surface area contributed by atoms with Gasteiger partial charge in [0.05, 0.1) is 26.5 Å². The smallest absolute Gasteiger partial charge is 0.267 e. The Hall–Kier alpha value is -3.60. The van der Waals surface area contributed by atoms with Crippen LogP contribution in [-0.2, 0) is 6.54 Å². The Morgan fingerprint density at radius 3 is 2.39 bits per heavy atom. The third kappa shape index (κ3) is 3.47. The van der Waals surface area contributed by atoms with E-state index in [0.29, 0.717) is 23.7 Å². The lowest BCUT2D eigenvalue weighted by Gasteiger charge is -2.11. The van der Waals surface area contributed by atoms with Crippen molar-refractivity contribution in [3.8, 4) is 22.8 Å². The summed E-state index contributed by atoms with van der Waals surface area (Å²) >= 11 is 0. The van der Waals surface area contributed by atoms with Crippen LogP contribution in [0.25, 0.3) is 22.0 Å². The highest BCUT2D eigenvalue weighted by Crippen LogP contribution is 2.31. The molecule has 0 aliphatic carbocycles. The number of rotatable bonds is 5. The highest BCUT2D eigenvalue weighted by Gasteiger charge is 2.09. The predicted molar refractivity (Wildman–Crippen MR) is 110 cm³/mol. The SMILES string of the molecule is COc1ccc(-c2ccc(=O)n(Cc3ccc4ccccc4c3)n2)cc1OC. The van der Waals surface area contributed by atoms with Crippen LogP contribution in [0.5, 0.6) is 11.5 Å². The molecule has 0 atom stereocenters. The number of hydrogen-bond acceptors (Lipinski definition) is 4. The van der Waals surface area contributed by atoms with Gasteiger partial charge in [0.25, 0.3) is 5.56 Å². The fourth-order valence-electron chi connectivity index (χ4n) is 3.22. The van der Waals surface area contributed by atoms with Crippen molar-refractivity contribution in [2.75, 3.05) is 14.2 Å². The van der Waals surface area contributed by atoms with Crippen molar-refractivity contribution in [3.63, 3.8) is 0 Å². The molecule has 5 nitrogen and oxygen atoms in total. The molecule has 1 heterocycles. The molecule has 1 aromatic heterocycles. The van der Waals surface area contributed by atoms with Gasteiger partial charge >= 0.3 is 0 Å². The molecule has 5 heteroatoms. The minimum absolute atomic E-state index is 0.141. The molecule has 0 saturated heterocycles. The summed E-state index contributed by atoms with van der Waals surface area (Å²) in [5.74, 6) is 1.27. The second kappa shape index (κ2) is 7.56. The van der Waals surface area contributed by atoms with E-state index in [-0.39, 0.29) is 5.56 Å². The van der Waals surface area contributed by atoms with Crippen molar-refractivity contribution >= 4 is 10.8 Å². The molecule has 0 aliphatic heterocycles. The molecular formula is C23H20N2O3. The lowest BCUT2D eigenvalue weighted by atomic mass is 10.1. The minimum Gasteiger partial charge on any atom is -0.493 e. The van der Waals surface area contributed by atoms with Crippen LogP contribution in [0.2, 0.25) is 0 Å². The summed E-state index contributed by atoms with van der Waals surface area (Å²) in [5.41, 5.74) is 2.43. The van der Waals surface area contributed by atoms with Crippen LogP contribution >= 0.6 is 0 Å².